The van der Waals surface area contributed by atoms with E-state index in [1.165, 1.54) is 11.1 Å². The standard InChI is InChI=1S/C12H17FN4O2/c1-3-17(7-8(2)11(14)16-19)12(18)9-4-10(13)6-15-5-9/h4-6,8,19H,3,7H2,1-2H3,(H2,14,16). The van der Waals surface area contributed by atoms with Gasteiger partial charge in [-0.2, -0.15) is 0 Å². The molecular formula is C12H17FN4O2. The number of carbonyl (C=O) groups excluding carboxylic acids is 1. The Morgan fingerprint density at radius 2 is 2.32 bits per heavy atom. The summed E-state index contributed by atoms with van der Waals surface area (Å²) in [6.07, 6.45) is 2.34. The highest BCUT2D eigenvalue weighted by atomic mass is 19.1. The maximum absolute atomic E-state index is 13.0. The second kappa shape index (κ2) is 6.67. The van der Waals surface area contributed by atoms with Crippen molar-refractivity contribution in [1.29, 1.82) is 0 Å². The number of oxime groups is 1. The van der Waals surface area contributed by atoms with Gasteiger partial charge in [-0.25, -0.2) is 4.39 Å². The largest absolute Gasteiger partial charge is 0.409 e. The van der Waals surface area contributed by atoms with Crippen molar-refractivity contribution in [2.75, 3.05) is 13.1 Å². The molecule has 0 aliphatic carbocycles. The second-order valence-electron chi connectivity index (χ2n) is 4.16. The molecule has 6 nitrogen and oxygen atoms in total. The molecule has 1 rings (SSSR count). The average Bonchev–Trinajstić information content (AvgIpc) is 2.42. The maximum Gasteiger partial charge on any atom is 0.255 e. The number of halogens is 1. The summed E-state index contributed by atoms with van der Waals surface area (Å²) in [4.78, 5) is 17.3. The van der Waals surface area contributed by atoms with Gasteiger partial charge in [0.1, 0.15) is 11.7 Å². The summed E-state index contributed by atoms with van der Waals surface area (Å²) < 4.78 is 13.0. The van der Waals surface area contributed by atoms with Crippen molar-refractivity contribution in [3.8, 4) is 0 Å². The Hall–Kier alpha value is -2.18. The summed E-state index contributed by atoms with van der Waals surface area (Å²) in [5, 5.41) is 11.5. The highest BCUT2D eigenvalue weighted by Gasteiger charge is 2.19. The molecule has 7 heteroatoms. The normalized spacial score (nSPS) is 13.1. The van der Waals surface area contributed by atoms with Crippen LogP contribution in [0.25, 0.3) is 0 Å². The van der Waals surface area contributed by atoms with Gasteiger partial charge in [0.25, 0.3) is 5.91 Å². The van der Waals surface area contributed by atoms with Crippen LogP contribution in [0.5, 0.6) is 0 Å². The fourth-order valence-electron chi connectivity index (χ4n) is 1.59. The number of carbonyl (C=O) groups is 1. The molecule has 1 heterocycles. The third-order valence-electron chi connectivity index (χ3n) is 2.74. The Kier molecular flexibility index (Phi) is 5.23. The second-order valence-corrected chi connectivity index (χ2v) is 4.16. The van der Waals surface area contributed by atoms with E-state index in [1.807, 2.05) is 0 Å². The summed E-state index contributed by atoms with van der Waals surface area (Å²) in [6.45, 7) is 4.23. The number of rotatable bonds is 5. The molecule has 1 unspecified atom stereocenters. The lowest BCUT2D eigenvalue weighted by Gasteiger charge is -2.24. The average molecular weight is 268 g/mol. The van der Waals surface area contributed by atoms with Crippen LogP contribution in [0.4, 0.5) is 4.39 Å². The monoisotopic (exact) mass is 268 g/mol. The van der Waals surface area contributed by atoms with Crippen LogP contribution in [0.1, 0.15) is 24.2 Å². The molecule has 0 saturated heterocycles. The zero-order chi connectivity index (χ0) is 14.4. The Labute approximate surface area is 110 Å². The van der Waals surface area contributed by atoms with E-state index >= 15 is 0 Å². The Morgan fingerprint density at radius 3 is 2.84 bits per heavy atom. The van der Waals surface area contributed by atoms with Crippen molar-refractivity contribution in [2.24, 2.45) is 16.8 Å². The van der Waals surface area contributed by atoms with Crippen LogP contribution in [0.3, 0.4) is 0 Å². The maximum atomic E-state index is 13.0. The third-order valence-corrected chi connectivity index (χ3v) is 2.74. The van der Waals surface area contributed by atoms with Crippen LogP contribution in [0.15, 0.2) is 23.6 Å². The molecule has 0 fully saturated rings. The van der Waals surface area contributed by atoms with E-state index in [-0.39, 0.29) is 29.8 Å². The third kappa shape index (κ3) is 3.90. The van der Waals surface area contributed by atoms with E-state index in [9.17, 15) is 9.18 Å². The number of hydrogen-bond donors (Lipinski definition) is 2. The predicted molar refractivity (Wildman–Crippen MR) is 68.3 cm³/mol. The molecule has 1 amide bonds. The van der Waals surface area contributed by atoms with Crippen molar-refractivity contribution in [2.45, 2.75) is 13.8 Å². The predicted octanol–water partition coefficient (Wildman–Crippen LogP) is 1.07. The van der Waals surface area contributed by atoms with Gasteiger partial charge in [0.2, 0.25) is 0 Å². The van der Waals surface area contributed by atoms with Crippen LogP contribution < -0.4 is 5.73 Å². The number of pyridine rings is 1. The van der Waals surface area contributed by atoms with Crippen LogP contribution in [0, 0.1) is 11.7 Å². The van der Waals surface area contributed by atoms with Gasteiger partial charge in [-0.15, -0.1) is 0 Å². The van der Waals surface area contributed by atoms with Gasteiger partial charge in [-0.05, 0) is 13.0 Å². The van der Waals surface area contributed by atoms with Gasteiger partial charge in [0.15, 0.2) is 0 Å². The van der Waals surface area contributed by atoms with Gasteiger partial charge >= 0.3 is 0 Å². The number of hydrogen-bond acceptors (Lipinski definition) is 4. The smallest absolute Gasteiger partial charge is 0.255 e. The van der Waals surface area contributed by atoms with Crippen molar-refractivity contribution >= 4 is 11.7 Å². The molecule has 0 saturated carbocycles. The van der Waals surface area contributed by atoms with Crippen molar-refractivity contribution in [3.63, 3.8) is 0 Å². The SMILES string of the molecule is CCN(CC(C)/C(N)=N/O)C(=O)c1cncc(F)c1. The fraction of sp³-hybridized carbons (Fsp3) is 0.417. The molecular weight excluding hydrogens is 251 g/mol. The van der Waals surface area contributed by atoms with E-state index in [4.69, 9.17) is 10.9 Å². The zero-order valence-electron chi connectivity index (χ0n) is 10.9. The van der Waals surface area contributed by atoms with Crippen molar-refractivity contribution in [3.05, 3.63) is 29.8 Å². The van der Waals surface area contributed by atoms with E-state index < -0.39 is 5.82 Å². The summed E-state index contributed by atoms with van der Waals surface area (Å²) in [7, 11) is 0. The quantitative estimate of drug-likeness (QED) is 0.361. The summed E-state index contributed by atoms with van der Waals surface area (Å²) in [5.41, 5.74) is 5.65. The molecule has 104 valence electrons. The highest BCUT2D eigenvalue weighted by molar-refractivity contribution is 5.94. The molecule has 1 aromatic heterocycles. The molecule has 3 N–H and O–H groups in total. The Morgan fingerprint density at radius 1 is 1.63 bits per heavy atom. The molecule has 0 aliphatic rings. The molecule has 0 spiro atoms. The molecule has 0 aromatic carbocycles. The van der Waals surface area contributed by atoms with Crippen LogP contribution in [-0.2, 0) is 0 Å². The van der Waals surface area contributed by atoms with E-state index in [2.05, 4.69) is 10.1 Å². The minimum Gasteiger partial charge on any atom is -0.409 e. The first-order chi connectivity index (χ1) is 8.99. The fourth-order valence-corrected chi connectivity index (χ4v) is 1.59. The van der Waals surface area contributed by atoms with Gasteiger partial charge < -0.3 is 15.8 Å². The molecule has 0 bridgehead atoms. The Bertz CT molecular complexity index is 479. The van der Waals surface area contributed by atoms with Crippen molar-refractivity contribution in [1.82, 2.24) is 9.88 Å². The van der Waals surface area contributed by atoms with Gasteiger partial charge in [-0.1, -0.05) is 12.1 Å². The summed E-state index contributed by atoms with van der Waals surface area (Å²) in [5.74, 6) is -1.16. The van der Waals surface area contributed by atoms with Gasteiger partial charge in [0, 0.05) is 25.2 Å². The first-order valence-electron chi connectivity index (χ1n) is 5.86. The van der Waals surface area contributed by atoms with E-state index in [0.29, 0.717) is 6.54 Å². The van der Waals surface area contributed by atoms with Crippen molar-refractivity contribution < 1.29 is 14.4 Å². The van der Waals surface area contributed by atoms with Gasteiger partial charge in [-0.3, -0.25) is 9.78 Å². The first-order valence-corrected chi connectivity index (χ1v) is 5.86. The zero-order valence-corrected chi connectivity index (χ0v) is 10.9. The topological polar surface area (TPSA) is 91.8 Å². The number of aromatic nitrogens is 1. The molecule has 19 heavy (non-hydrogen) atoms. The number of amidine groups is 1. The van der Waals surface area contributed by atoms with Gasteiger partial charge in [0.05, 0.1) is 11.8 Å². The summed E-state index contributed by atoms with van der Waals surface area (Å²) >= 11 is 0. The number of nitrogens with two attached hydrogens (primary N) is 1. The lowest BCUT2D eigenvalue weighted by atomic mass is 10.1. The molecule has 1 atom stereocenters. The highest BCUT2D eigenvalue weighted by Crippen LogP contribution is 2.08. The number of nitrogens with zero attached hydrogens (tertiary/aromatic N) is 3. The molecule has 1 aromatic rings. The van der Waals surface area contributed by atoms with E-state index in [1.54, 1.807) is 13.8 Å². The number of amides is 1. The van der Waals surface area contributed by atoms with Crippen LogP contribution >= 0.6 is 0 Å². The lowest BCUT2D eigenvalue weighted by Crippen LogP contribution is -2.38. The van der Waals surface area contributed by atoms with Crippen LogP contribution in [0.2, 0.25) is 0 Å². The molecule has 0 aliphatic heterocycles. The molecule has 0 radical (unpaired) electrons. The lowest BCUT2D eigenvalue weighted by molar-refractivity contribution is 0.0753. The first kappa shape index (κ1) is 14.9. The minimum atomic E-state index is -0.564. The Balaban J connectivity index is 2.83. The minimum absolute atomic E-state index is 0.0450. The van der Waals surface area contributed by atoms with E-state index in [0.717, 1.165) is 12.3 Å². The van der Waals surface area contributed by atoms with Crippen LogP contribution in [-0.4, -0.2) is 39.9 Å². The summed E-state index contributed by atoms with van der Waals surface area (Å²) in [6, 6.07) is 1.13.